The van der Waals surface area contributed by atoms with Crippen LogP contribution in [0.25, 0.3) is 0 Å². The summed E-state index contributed by atoms with van der Waals surface area (Å²) in [5, 5.41) is 3.84. The highest BCUT2D eigenvalue weighted by molar-refractivity contribution is 5.37. The number of nitrogens with one attached hydrogen (secondary N) is 1. The Kier molecular flexibility index (Phi) is 4.97. The van der Waals surface area contributed by atoms with Gasteiger partial charge in [0.2, 0.25) is 0 Å². The lowest BCUT2D eigenvalue weighted by atomic mass is 9.95. The van der Waals surface area contributed by atoms with Gasteiger partial charge in [-0.1, -0.05) is 44.5 Å². The zero-order chi connectivity index (χ0) is 14.7. The van der Waals surface area contributed by atoms with E-state index in [0.29, 0.717) is 12.1 Å². The Morgan fingerprint density at radius 1 is 1.19 bits per heavy atom. The number of fused-ring (bicyclic) bond motifs is 1. The first-order valence-electron chi connectivity index (χ1n) is 8.92. The third-order valence-electron chi connectivity index (χ3n) is 5.39. The van der Waals surface area contributed by atoms with E-state index >= 15 is 0 Å². The van der Waals surface area contributed by atoms with Crippen molar-refractivity contribution >= 4 is 0 Å². The number of likely N-dealkylation sites (tertiary alicyclic amines) is 1. The Bertz CT molecular complexity index is 457. The third-order valence-corrected chi connectivity index (χ3v) is 5.39. The van der Waals surface area contributed by atoms with Crippen molar-refractivity contribution in [1.82, 2.24) is 10.2 Å². The van der Waals surface area contributed by atoms with Crippen LogP contribution in [0.3, 0.4) is 0 Å². The molecule has 1 N–H and O–H groups in total. The molecule has 0 amide bonds. The molecule has 1 aliphatic heterocycles. The van der Waals surface area contributed by atoms with E-state index < -0.39 is 0 Å². The molecule has 0 aromatic heterocycles. The molecule has 1 aromatic carbocycles. The summed E-state index contributed by atoms with van der Waals surface area (Å²) in [4.78, 5) is 2.83. The van der Waals surface area contributed by atoms with Crippen molar-refractivity contribution in [2.24, 2.45) is 0 Å². The molecule has 21 heavy (non-hydrogen) atoms. The van der Waals surface area contributed by atoms with Crippen LogP contribution in [0.1, 0.15) is 63.1 Å². The quantitative estimate of drug-likeness (QED) is 0.882. The lowest BCUT2D eigenvalue weighted by molar-refractivity contribution is 0.0758. The Morgan fingerprint density at radius 3 is 2.86 bits per heavy atom. The molecule has 1 aliphatic carbocycles. The summed E-state index contributed by atoms with van der Waals surface area (Å²) in [7, 11) is 0. The van der Waals surface area contributed by atoms with E-state index in [2.05, 4.69) is 48.3 Å². The summed E-state index contributed by atoms with van der Waals surface area (Å²) in [5.41, 5.74) is 3.12. The van der Waals surface area contributed by atoms with Crippen molar-refractivity contribution in [2.75, 3.05) is 13.1 Å². The van der Waals surface area contributed by atoms with Gasteiger partial charge in [-0.05, 0) is 56.3 Å². The average molecular weight is 286 g/mol. The number of rotatable bonds is 5. The summed E-state index contributed by atoms with van der Waals surface area (Å²) < 4.78 is 0. The molecule has 1 saturated heterocycles. The lowest BCUT2D eigenvalue weighted by Gasteiger charge is -2.42. The van der Waals surface area contributed by atoms with E-state index in [0.717, 1.165) is 12.6 Å². The van der Waals surface area contributed by atoms with Crippen LogP contribution < -0.4 is 5.32 Å². The van der Waals surface area contributed by atoms with E-state index in [1.807, 2.05) is 0 Å². The normalized spacial score (nSPS) is 29.5. The second-order valence-corrected chi connectivity index (χ2v) is 6.70. The monoisotopic (exact) mass is 286 g/mol. The number of hydrogen-bond donors (Lipinski definition) is 1. The minimum atomic E-state index is 0.535. The first-order chi connectivity index (χ1) is 10.3. The van der Waals surface area contributed by atoms with Gasteiger partial charge in [-0.2, -0.15) is 0 Å². The molecule has 2 aliphatic rings. The minimum Gasteiger partial charge on any atom is -0.309 e. The molecule has 2 nitrogen and oxygen atoms in total. The Morgan fingerprint density at radius 2 is 2.05 bits per heavy atom. The zero-order valence-corrected chi connectivity index (χ0v) is 13.6. The largest absolute Gasteiger partial charge is 0.309 e. The Hall–Kier alpha value is -0.860. The van der Waals surface area contributed by atoms with E-state index in [-0.39, 0.29) is 0 Å². The molecule has 0 saturated carbocycles. The maximum Gasteiger partial charge on any atom is 0.0484 e. The first-order valence-corrected chi connectivity index (χ1v) is 8.92. The minimum absolute atomic E-state index is 0.535. The van der Waals surface area contributed by atoms with Crippen molar-refractivity contribution in [3.8, 4) is 0 Å². The highest BCUT2D eigenvalue weighted by Crippen LogP contribution is 2.37. The number of benzene rings is 1. The van der Waals surface area contributed by atoms with Crippen molar-refractivity contribution in [1.29, 1.82) is 0 Å². The van der Waals surface area contributed by atoms with Gasteiger partial charge >= 0.3 is 0 Å². The van der Waals surface area contributed by atoms with Crippen molar-refractivity contribution in [2.45, 2.75) is 70.5 Å². The molecule has 1 fully saturated rings. The van der Waals surface area contributed by atoms with Crippen molar-refractivity contribution in [3.63, 3.8) is 0 Å². The fourth-order valence-electron chi connectivity index (χ4n) is 4.33. The predicted octanol–water partition coefficient (Wildman–Crippen LogP) is 3.92. The Balaban J connectivity index is 1.83. The third kappa shape index (κ3) is 3.02. The molecule has 0 bridgehead atoms. The van der Waals surface area contributed by atoms with E-state index in [4.69, 9.17) is 0 Å². The second-order valence-electron chi connectivity index (χ2n) is 6.70. The maximum absolute atomic E-state index is 3.84. The summed E-state index contributed by atoms with van der Waals surface area (Å²) >= 11 is 0. The predicted molar refractivity (Wildman–Crippen MR) is 89.6 cm³/mol. The van der Waals surface area contributed by atoms with Crippen LogP contribution >= 0.6 is 0 Å². The average Bonchev–Trinajstić information content (AvgIpc) is 2.91. The summed E-state index contributed by atoms with van der Waals surface area (Å²) in [5.74, 6) is 0. The van der Waals surface area contributed by atoms with Crippen LogP contribution in [-0.4, -0.2) is 30.1 Å². The molecule has 0 radical (unpaired) electrons. The van der Waals surface area contributed by atoms with E-state index in [1.54, 1.807) is 11.1 Å². The van der Waals surface area contributed by atoms with Crippen LogP contribution in [0.15, 0.2) is 24.3 Å². The van der Waals surface area contributed by atoms with Gasteiger partial charge in [-0.25, -0.2) is 0 Å². The van der Waals surface area contributed by atoms with Crippen LogP contribution in [0.5, 0.6) is 0 Å². The second kappa shape index (κ2) is 6.93. The van der Waals surface area contributed by atoms with E-state index in [9.17, 15) is 0 Å². The number of hydrogen-bond acceptors (Lipinski definition) is 2. The molecular weight excluding hydrogens is 256 g/mol. The van der Waals surface area contributed by atoms with Gasteiger partial charge in [-0.3, -0.25) is 4.90 Å². The molecule has 1 aromatic rings. The highest BCUT2D eigenvalue weighted by Gasteiger charge is 2.38. The van der Waals surface area contributed by atoms with Crippen LogP contribution in [0, 0.1) is 0 Å². The molecule has 3 unspecified atom stereocenters. The van der Waals surface area contributed by atoms with Crippen LogP contribution in [0.4, 0.5) is 0 Å². The van der Waals surface area contributed by atoms with E-state index in [1.165, 1.54) is 45.1 Å². The molecular formula is C19H30N2. The lowest BCUT2D eigenvalue weighted by Crippen LogP contribution is -2.50. The summed E-state index contributed by atoms with van der Waals surface area (Å²) in [6.45, 7) is 7.04. The fourth-order valence-corrected chi connectivity index (χ4v) is 4.33. The summed E-state index contributed by atoms with van der Waals surface area (Å²) in [6.07, 6.45) is 7.93. The molecule has 2 heteroatoms. The van der Waals surface area contributed by atoms with Crippen LogP contribution in [0.2, 0.25) is 0 Å². The topological polar surface area (TPSA) is 15.3 Å². The number of nitrogens with zero attached hydrogens (tertiary/aromatic N) is 1. The fraction of sp³-hybridized carbons (Fsp3) is 0.684. The molecule has 3 rings (SSSR count). The van der Waals surface area contributed by atoms with Gasteiger partial charge in [0, 0.05) is 18.1 Å². The standard InChI is InChI=1S/C19H30N2/c1-3-12-20-19-17-11-6-5-9-15(17)14-18(19)21-13-8-7-10-16(21)4-2/h5-6,9,11,16,18-20H,3-4,7-8,10,12-14H2,1-2H3. The van der Waals surface area contributed by atoms with Crippen molar-refractivity contribution in [3.05, 3.63) is 35.4 Å². The zero-order valence-electron chi connectivity index (χ0n) is 13.6. The van der Waals surface area contributed by atoms with Gasteiger partial charge in [0.05, 0.1) is 0 Å². The van der Waals surface area contributed by atoms with Crippen LogP contribution in [-0.2, 0) is 6.42 Å². The van der Waals surface area contributed by atoms with Gasteiger partial charge in [0.25, 0.3) is 0 Å². The first kappa shape index (κ1) is 15.1. The Labute approximate surface area is 129 Å². The SMILES string of the molecule is CCCNC1c2ccccc2CC1N1CCCCC1CC. The van der Waals surface area contributed by atoms with Gasteiger partial charge in [-0.15, -0.1) is 0 Å². The van der Waals surface area contributed by atoms with Gasteiger partial charge in [0.15, 0.2) is 0 Å². The van der Waals surface area contributed by atoms with Gasteiger partial charge < -0.3 is 5.32 Å². The molecule has 1 heterocycles. The maximum atomic E-state index is 3.84. The molecule has 0 spiro atoms. The highest BCUT2D eigenvalue weighted by atomic mass is 15.2. The smallest absolute Gasteiger partial charge is 0.0484 e. The number of piperidine rings is 1. The molecule has 116 valence electrons. The summed E-state index contributed by atoms with van der Waals surface area (Å²) in [6, 6.07) is 11.1. The van der Waals surface area contributed by atoms with Gasteiger partial charge in [0.1, 0.15) is 0 Å². The van der Waals surface area contributed by atoms with Crippen molar-refractivity contribution < 1.29 is 0 Å². The molecule has 3 atom stereocenters.